The summed E-state index contributed by atoms with van der Waals surface area (Å²) in [6.07, 6.45) is 1.28. The summed E-state index contributed by atoms with van der Waals surface area (Å²) in [6.45, 7) is 6.85. The highest BCUT2D eigenvalue weighted by Gasteiger charge is 2.18. The fourth-order valence-corrected chi connectivity index (χ4v) is 0.408. The third kappa shape index (κ3) is 1.94. The van der Waals surface area contributed by atoms with Crippen molar-refractivity contribution in [2.45, 2.75) is 38.3 Å². The summed E-state index contributed by atoms with van der Waals surface area (Å²) in [4.78, 5) is 0. The fourth-order valence-electron chi connectivity index (χ4n) is 0.408. The maximum absolute atomic E-state index is 2.32. The summed E-state index contributed by atoms with van der Waals surface area (Å²) in [5.74, 6) is 0.812. The topological polar surface area (TPSA) is 0 Å². The second-order valence-corrected chi connectivity index (χ2v) is 3.50. The van der Waals surface area contributed by atoms with Gasteiger partial charge >= 0.3 is 0 Å². The molecule has 0 amide bonds. The van der Waals surface area contributed by atoms with Gasteiger partial charge < -0.3 is 0 Å². The van der Waals surface area contributed by atoms with Gasteiger partial charge in [0, 0.05) is 0 Å². The summed E-state index contributed by atoms with van der Waals surface area (Å²) in [7, 11) is 4.60. The summed E-state index contributed by atoms with van der Waals surface area (Å²) >= 11 is 0. The van der Waals surface area contributed by atoms with Gasteiger partial charge in [0.1, 0.15) is 15.7 Å². The summed E-state index contributed by atoms with van der Waals surface area (Å²) in [5.41, 5.74) is 0. The summed E-state index contributed by atoms with van der Waals surface area (Å²) in [5, 5.41) is 0.542. The fraction of sp³-hybridized carbons (Fsp3) is 1.00. The molecule has 0 saturated heterocycles. The van der Waals surface area contributed by atoms with Gasteiger partial charge in [0.2, 0.25) is 0 Å². The zero-order chi connectivity index (χ0) is 6.78. The second kappa shape index (κ2) is 2.61. The van der Waals surface area contributed by atoms with Crippen molar-refractivity contribution in [2.24, 2.45) is 0 Å². The molecule has 2 unspecified atom stereocenters. The molecule has 0 aromatic carbocycles. The Bertz CT molecular complexity index is 66.9. The van der Waals surface area contributed by atoms with Crippen LogP contribution in [0.15, 0.2) is 0 Å². The molecule has 0 saturated carbocycles. The molecule has 0 aliphatic heterocycles. The van der Waals surface area contributed by atoms with Gasteiger partial charge in [-0.15, -0.1) is 0 Å². The molecule has 0 N–H and O–H groups in total. The average molecular weight is 110 g/mol. The molecule has 0 spiro atoms. The number of rotatable bonds is 2. The Kier molecular flexibility index (Phi) is 2.65. The largest absolute Gasteiger partial charge is 0.108 e. The first kappa shape index (κ1) is 8.13. The normalized spacial score (nSPS) is 21.9. The van der Waals surface area contributed by atoms with E-state index >= 15 is 0 Å². The van der Waals surface area contributed by atoms with E-state index in [1.54, 1.807) is 0 Å². The van der Waals surface area contributed by atoms with Crippen molar-refractivity contribution >= 4 is 15.7 Å². The van der Waals surface area contributed by atoms with E-state index in [9.17, 15) is 0 Å². The predicted molar refractivity (Wildman–Crippen MR) is 45.2 cm³/mol. The predicted octanol–water partition coefficient (Wildman–Crippen LogP) is 0.650. The molecule has 0 fully saturated rings. The minimum absolute atomic E-state index is 0.542. The van der Waals surface area contributed by atoms with E-state index in [4.69, 9.17) is 0 Å². The lowest BCUT2D eigenvalue weighted by molar-refractivity contribution is 0.571. The van der Waals surface area contributed by atoms with Crippen LogP contribution in [-0.2, 0) is 0 Å². The Labute approximate surface area is 54.9 Å². The summed E-state index contributed by atoms with van der Waals surface area (Å²) in [6, 6.07) is 0. The first-order valence-electron chi connectivity index (χ1n) is 3.50. The van der Waals surface area contributed by atoms with Gasteiger partial charge in [-0.1, -0.05) is 38.3 Å². The maximum atomic E-state index is 2.32. The molecule has 0 rings (SSSR count). The van der Waals surface area contributed by atoms with Gasteiger partial charge in [-0.3, -0.25) is 0 Å². The first-order chi connectivity index (χ1) is 3.50. The minimum Gasteiger partial charge on any atom is -0.0743 e. The molecule has 0 aliphatic carbocycles. The van der Waals surface area contributed by atoms with E-state index in [0.717, 1.165) is 5.82 Å². The Hall–Kier alpha value is 0.130. The summed E-state index contributed by atoms with van der Waals surface area (Å²) < 4.78 is 0. The van der Waals surface area contributed by atoms with Gasteiger partial charge in [0.05, 0.1) is 0 Å². The van der Waals surface area contributed by atoms with Crippen LogP contribution in [0.3, 0.4) is 0 Å². The molecular weight excluding hydrogens is 93.7 g/mol. The molecule has 0 nitrogen and oxygen atoms in total. The zero-order valence-corrected chi connectivity index (χ0v) is 6.78. The van der Waals surface area contributed by atoms with Gasteiger partial charge in [-0.05, 0) is 0 Å². The van der Waals surface area contributed by atoms with Crippen molar-refractivity contribution in [3.63, 3.8) is 0 Å². The smallest absolute Gasteiger partial charge is 0.0743 e. The van der Waals surface area contributed by atoms with E-state index in [1.165, 1.54) is 6.42 Å². The number of hydrogen-bond acceptors (Lipinski definition) is 0. The number of hydrogen-bond donors (Lipinski definition) is 0. The minimum atomic E-state index is 0.542. The molecule has 0 aromatic rings. The van der Waals surface area contributed by atoms with Crippen LogP contribution in [0.4, 0.5) is 0 Å². The maximum Gasteiger partial charge on any atom is 0.108 e. The van der Waals surface area contributed by atoms with E-state index in [2.05, 4.69) is 36.5 Å². The van der Waals surface area contributed by atoms with E-state index < -0.39 is 0 Å². The van der Waals surface area contributed by atoms with Crippen molar-refractivity contribution in [2.75, 3.05) is 0 Å². The lowest BCUT2D eigenvalue weighted by Crippen LogP contribution is -2.11. The van der Waals surface area contributed by atoms with Gasteiger partial charge in [-0.2, -0.15) is 0 Å². The van der Waals surface area contributed by atoms with Crippen LogP contribution in [-0.4, -0.2) is 15.7 Å². The van der Waals surface area contributed by atoms with Gasteiger partial charge in [0.25, 0.3) is 0 Å². The molecule has 0 bridgehead atoms. The monoisotopic (exact) mass is 110 g/mol. The average Bonchev–Trinajstić information content (AvgIpc) is 1.67. The Balaban J connectivity index is 3.71. The highest BCUT2D eigenvalue weighted by Crippen LogP contribution is 2.36. The van der Waals surface area contributed by atoms with Crippen LogP contribution in [0.2, 0.25) is 11.1 Å². The lowest BCUT2D eigenvalue weighted by atomic mass is 9.55. The van der Waals surface area contributed by atoms with Crippen LogP contribution in [0, 0.1) is 0 Å². The molecule has 0 radical (unpaired) electrons. The Morgan fingerprint density at radius 2 is 2.00 bits per heavy atom. The van der Waals surface area contributed by atoms with Crippen LogP contribution in [0.1, 0.15) is 27.2 Å². The van der Waals surface area contributed by atoms with Crippen molar-refractivity contribution in [1.82, 2.24) is 0 Å². The van der Waals surface area contributed by atoms with Crippen LogP contribution < -0.4 is 0 Å². The van der Waals surface area contributed by atoms with E-state index in [1.807, 2.05) is 0 Å². The van der Waals surface area contributed by atoms with E-state index in [0.29, 0.717) is 5.31 Å². The van der Waals surface area contributed by atoms with Crippen molar-refractivity contribution < 1.29 is 0 Å². The highest BCUT2D eigenvalue weighted by atomic mass is 14.1. The molecule has 2 atom stereocenters. The molecule has 0 aromatic heterocycles. The van der Waals surface area contributed by atoms with Crippen LogP contribution >= 0.6 is 0 Å². The highest BCUT2D eigenvalue weighted by molar-refractivity contribution is 6.23. The molecule has 0 aliphatic rings. The van der Waals surface area contributed by atoms with Crippen molar-refractivity contribution in [3.8, 4) is 0 Å². The third-order valence-corrected chi connectivity index (χ3v) is 2.47. The molecule has 2 heteroatoms. The lowest BCUT2D eigenvalue weighted by Gasteiger charge is -2.27. The standard InChI is InChI=1S/C6H16B2/c1-4-6(3,8)5(2)7/h5H,4,7-8H2,1-3H3. The molecule has 46 valence electrons. The molecular formula is C6H16B2. The zero-order valence-electron chi connectivity index (χ0n) is 6.78. The van der Waals surface area contributed by atoms with Crippen molar-refractivity contribution in [3.05, 3.63) is 0 Å². The first-order valence-corrected chi connectivity index (χ1v) is 3.50. The van der Waals surface area contributed by atoms with Crippen LogP contribution in [0.5, 0.6) is 0 Å². The van der Waals surface area contributed by atoms with Gasteiger partial charge in [0.15, 0.2) is 0 Å². The molecule has 8 heavy (non-hydrogen) atoms. The Morgan fingerprint density at radius 3 is 2.00 bits per heavy atom. The second-order valence-electron chi connectivity index (χ2n) is 3.50. The van der Waals surface area contributed by atoms with E-state index in [-0.39, 0.29) is 0 Å². The SMILES string of the molecule is BC(C)C(B)(C)CC. The molecule has 0 heterocycles. The third-order valence-electron chi connectivity index (χ3n) is 2.47. The van der Waals surface area contributed by atoms with Crippen molar-refractivity contribution in [1.29, 1.82) is 0 Å². The van der Waals surface area contributed by atoms with Crippen LogP contribution in [0.25, 0.3) is 0 Å². The Morgan fingerprint density at radius 1 is 1.62 bits per heavy atom. The van der Waals surface area contributed by atoms with Gasteiger partial charge in [-0.25, -0.2) is 0 Å². The quantitative estimate of drug-likeness (QED) is 0.457.